The fraction of sp³-hybridized carbons (Fsp3) is 0.947. The first-order valence-corrected chi connectivity index (χ1v) is 9.60. The van der Waals surface area contributed by atoms with Gasteiger partial charge in [-0.15, -0.1) is 0 Å². The van der Waals surface area contributed by atoms with Crippen LogP contribution < -0.4 is 0 Å². The lowest BCUT2D eigenvalue weighted by molar-refractivity contribution is -0.145. The summed E-state index contributed by atoms with van der Waals surface area (Å²) in [5, 5.41) is 9.59. The molecule has 1 heterocycles. The minimum Gasteiger partial charge on any atom is -0.480 e. The summed E-state index contributed by atoms with van der Waals surface area (Å²) >= 11 is 0. The number of nitrogens with zero attached hydrogens (tertiary/aromatic N) is 1. The molecule has 3 atom stereocenters. The van der Waals surface area contributed by atoms with Gasteiger partial charge in [-0.3, -0.25) is 9.69 Å². The van der Waals surface area contributed by atoms with Crippen LogP contribution in [0.5, 0.6) is 0 Å². The summed E-state index contributed by atoms with van der Waals surface area (Å²) in [6.07, 6.45) is 7.12. The van der Waals surface area contributed by atoms with Crippen LogP contribution in [0.25, 0.3) is 0 Å². The molecule has 2 rings (SSSR count). The van der Waals surface area contributed by atoms with Gasteiger partial charge in [0.05, 0.1) is 0 Å². The van der Waals surface area contributed by atoms with Crippen molar-refractivity contribution < 1.29 is 9.90 Å². The highest BCUT2D eigenvalue weighted by Crippen LogP contribution is 2.34. The van der Waals surface area contributed by atoms with Crippen LogP contribution >= 0.6 is 0 Å². The van der Waals surface area contributed by atoms with Gasteiger partial charge in [0, 0.05) is 13.1 Å². The highest BCUT2D eigenvalue weighted by atomic mass is 16.4. The lowest BCUT2D eigenvalue weighted by Crippen LogP contribution is -2.46. The average molecular weight is 314 g/mol. The van der Waals surface area contributed by atoms with Crippen molar-refractivity contribution >= 4 is 5.97 Å². The first kappa shape index (κ1) is 21.4. The largest absolute Gasteiger partial charge is 0.480 e. The second-order valence-electron chi connectivity index (χ2n) is 6.28. The van der Waals surface area contributed by atoms with Crippen LogP contribution in [0, 0.1) is 17.8 Å². The lowest BCUT2D eigenvalue weighted by Gasteiger charge is -2.33. The van der Waals surface area contributed by atoms with Crippen LogP contribution in [0.3, 0.4) is 0 Å². The molecule has 0 aromatic heterocycles. The fourth-order valence-corrected chi connectivity index (χ4v) is 3.94. The van der Waals surface area contributed by atoms with E-state index in [9.17, 15) is 9.90 Å². The number of carbonyl (C=O) groups is 1. The Morgan fingerprint density at radius 3 is 2.05 bits per heavy atom. The van der Waals surface area contributed by atoms with Crippen molar-refractivity contribution in [2.45, 2.75) is 86.1 Å². The van der Waals surface area contributed by atoms with Crippen LogP contribution in [0.15, 0.2) is 0 Å². The first-order valence-electron chi connectivity index (χ1n) is 9.60. The van der Waals surface area contributed by atoms with Gasteiger partial charge in [0.1, 0.15) is 6.04 Å². The van der Waals surface area contributed by atoms with Gasteiger partial charge in [-0.25, -0.2) is 0 Å². The fourth-order valence-electron chi connectivity index (χ4n) is 3.94. The maximum atomic E-state index is 11.6. The van der Waals surface area contributed by atoms with Crippen LogP contribution in [-0.4, -0.2) is 35.1 Å². The van der Waals surface area contributed by atoms with Crippen molar-refractivity contribution in [2.24, 2.45) is 17.8 Å². The summed E-state index contributed by atoms with van der Waals surface area (Å²) in [4.78, 5) is 13.9. The van der Waals surface area contributed by atoms with E-state index >= 15 is 0 Å². The Hall–Kier alpha value is -0.570. The zero-order chi connectivity index (χ0) is 17.1. The van der Waals surface area contributed by atoms with E-state index in [2.05, 4.69) is 18.7 Å². The summed E-state index contributed by atoms with van der Waals surface area (Å²) in [5.74, 6) is 1.14. The molecule has 1 saturated carbocycles. The first-order chi connectivity index (χ1) is 10.6. The van der Waals surface area contributed by atoms with Gasteiger partial charge in [0.25, 0.3) is 0 Å². The molecule has 3 nitrogen and oxygen atoms in total. The van der Waals surface area contributed by atoms with E-state index < -0.39 is 5.97 Å². The van der Waals surface area contributed by atoms with Gasteiger partial charge in [-0.2, -0.15) is 0 Å². The molecule has 0 aromatic carbocycles. The molecular formula is C19H39NO2. The molecule has 22 heavy (non-hydrogen) atoms. The smallest absolute Gasteiger partial charge is 0.321 e. The molecule has 0 bridgehead atoms. The van der Waals surface area contributed by atoms with Crippen molar-refractivity contribution in [2.75, 3.05) is 13.1 Å². The van der Waals surface area contributed by atoms with Gasteiger partial charge in [-0.1, -0.05) is 67.2 Å². The van der Waals surface area contributed by atoms with Gasteiger partial charge < -0.3 is 5.11 Å². The molecule has 3 unspecified atom stereocenters. The number of hydrogen-bond donors (Lipinski definition) is 1. The summed E-state index contributed by atoms with van der Waals surface area (Å²) in [5.41, 5.74) is 0. The van der Waals surface area contributed by atoms with E-state index in [1.807, 2.05) is 27.7 Å². The van der Waals surface area contributed by atoms with Gasteiger partial charge >= 0.3 is 5.97 Å². The predicted molar refractivity (Wildman–Crippen MR) is 95.2 cm³/mol. The maximum absolute atomic E-state index is 11.6. The Morgan fingerprint density at radius 1 is 1.09 bits per heavy atom. The average Bonchev–Trinajstić information content (AvgIpc) is 2.92. The number of carboxylic acid groups (broad SMARTS) is 1. The molecular weight excluding hydrogens is 274 g/mol. The SMILES string of the molecule is CC.CC.CCC1CN(C(C(=O)O)C2CCCCC2)CC1C. The van der Waals surface area contributed by atoms with Gasteiger partial charge in [0.2, 0.25) is 0 Å². The zero-order valence-corrected chi connectivity index (χ0v) is 15.8. The summed E-state index contributed by atoms with van der Waals surface area (Å²) in [7, 11) is 0. The number of aliphatic carboxylic acids is 1. The molecule has 1 N–H and O–H groups in total. The minimum atomic E-state index is -0.592. The third kappa shape index (κ3) is 5.91. The van der Waals surface area contributed by atoms with Crippen molar-refractivity contribution in [3.8, 4) is 0 Å². The third-order valence-corrected chi connectivity index (χ3v) is 5.06. The number of rotatable bonds is 4. The Labute approximate surface area is 138 Å². The monoisotopic (exact) mass is 313 g/mol. The van der Waals surface area contributed by atoms with Crippen LogP contribution in [0.1, 0.15) is 80.1 Å². The van der Waals surface area contributed by atoms with Crippen LogP contribution in [-0.2, 0) is 4.79 Å². The standard InChI is InChI=1S/C15H27NO2.2C2H6/c1-3-12-10-16(9-11(12)2)14(15(17)18)13-7-5-4-6-8-13;2*1-2/h11-14H,3-10H2,1-2H3,(H,17,18);2*1-2H3. The van der Waals surface area contributed by atoms with E-state index in [-0.39, 0.29) is 6.04 Å². The zero-order valence-electron chi connectivity index (χ0n) is 15.8. The third-order valence-electron chi connectivity index (χ3n) is 5.06. The summed E-state index contributed by atoms with van der Waals surface area (Å²) in [6, 6.07) is -0.218. The summed E-state index contributed by atoms with van der Waals surface area (Å²) in [6.45, 7) is 14.5. The van der Waals surface area contributed by atoms with Gasteiger partial charge in [-0.05, 0) is 30.6 Å². The maximum Gasteiger partial charge on any atom is 0.321 e. The predicted octanol–water partition coefficient (Wildman–Crippen LogP) is 5.05. The topological polar surface area (TPSA) is 40.5 Å². The van der Waals surface area contributed by atoms with Gasteiger partial charge in [0.15, 0.2) is 0 Å². The van der Waals surface area contributed by atoms with Crippen molar-refractivity contribution in [3.05, 3.63) is 0 Å². The minimum absolute atomic E-state index is 0.218. The molecule has 132 valence electrons. The molecule has 3 heteroatoms. The van der Waals surface area contributed by atoms with Crippen molar-refractivity contribution in [1.82, 2.24) is 4.90 Å². The molecule has 0 aromatic rings. The highest BCUT2D eigenvalue weighted by molar-refractivity contribution is 5.74. The summed E-state index contributed by atoms with van der Waals surface area (Å²) < 4.78 is 0. The Balaban J connectivity index is 0.00000102. The molecule has 1 aliphatic carbocycles. The lowest BCUT2D eigenvalue weighted by atomic mass is 9.83. The molecule has 1 aliphatic heterocycles. The molecule has 2 aliphatic rings. The molecule has 0 radical (unpaired) electrons. The van der Waals surface area contributed by atoms with E-state index in [1.165, 1.54) is 25.7 Å². The highest BCUT2D eigenvalue weighted by Gasteiger charge is 2.40. The Bertz CT molecular complexity index is 287. The molecule has 1 saturated heterocycles. The molecule has 2 fully saturated rings. The van der Waals surface area contributed by atoms with E-state index in [4.69, 9.17) is 0 Å². The Kier molecular flexibility index (Phi) is 11.6. The van der Waals surface area contributed by atoms with E-state index in [1.54, 1.807) is 0 Å². The van der Waals surface area contributed by atoms with E-state index in [0.29, 0.717) is 17.8 Å². The number of likely N-dealkylation sites (tertiary alicyclic amines) is 1. The van der Waals surface area contributed by atoms with E-state index in [0.717, 1.165) is 25.9 Å². The Morgan fingerprint density at radius 2 is 1.64 bits per heavy atom. The van der Waals surface area contributed by atoms with Crippen molar-refractivity contribution in [3.63, 3.8) is 0 Å². The quantitative estimate of drug-likeness (QED) is 0.789. The normalized spacial score (nSPS) is 27.2. The van der Waals surface area contributed by atoms with Crippen molar-refractivity contribution in [1.29, 1.82) is 0 Å². The molecule has 0 spiro atoms. The van der Waals surface area contributed by atoms with Crippen LogP contribution in [0.4, 0.5) is 0 Å². The van der Waals surface area contributed by atoms with Crippen LogP contribution in [0.2, 0.25) is 0 Å². The molecule has 0 amide bonds. The number of carboxylic acids is 1. The number of hydrogen-bond acceptors (Lipinski definition) is 2. The second-order valence-corrected chi connectivity index (χ2v) is 6.28. The second kappa shape index (κ2) is 11.9.